The van der Waals surface area contributed by atoms with Gasteiger partial charge >= 0.3 is 12.1 Å². The van der Waals surface area contributed by atoms with Gasteiger partial charge < -0.3 is 0 Å². The van der Waals surface area contributed by atoms with Crippen LogP contribution in [0.15, 0.2) is 0 Å². The highest BCUT2D eigenvalue weighted by molar-refractivity contribution is 5.80. The molecule has 3 nitrogen and oxygen atoms in total. The predicted molar refractivity (Wildman–Crippen MR) is 16.0 cm³/mol. The summed E-state index contributed by atoms with van der Waals surface area (Å²) < 4.78 is 32.6. The van der Waals surface area contributed by atoms with Crippen LogP contribution < -0.4 is 5.48 Å². The molecule has 0 saturated carbocycles. The minimum atomic E-state index is -4.99. The van der Waals surface area contributed by atoms with Crippen molar-refractivity contribution in [2.45, 2.75) is 6.18 Å². The van der Waals surface area contributed by atoms with Gasteiger partial charge in [-0.1, -0.05) is 0 Å². The molecule has 0 saturated heterocycles. The molecule has 0 aromatic carbocycles. The minimum absolute atomic E-state index is 0.441. The van der Waals surface area contributed by atoms with Crippen molar-refractivity contribution < 1.29 is 23.2 Å². The molecule has 0 heterocycles. The molecule has 0 aromatic rings. The van der Waals surface area contributed by atoms with Crippen LogP contribution in [-0.2, 0) is 4.79 Å². The molecular formula is C2H2F3NO2. The van der Waals surface area contributed by atoms with E-state index in [1.807, 2.05) is 0 Å². The van der Waals surface area contributed by atoms with Crippen molar-refractivity contribution in [3.8, 4) is 0 Å². The Labute approximate surface area is 42.1 Å². The van der Waals surface area contributed by atoms with E-state index in [0.29, 0.717) is 5.48 Å². The monoisotopic (exact) mass is 129 g/mol. The van der Waals surface area contributed by atoms with Crippen molar-refractivity contribution in [1.29, 1.82) is 0 Å². The van der Waals surface area contributed by atoms with Crippen molar-refractivity contribution >= 4 is 5.91 Å². The van der Waals surface area contributed by atoms with Gasteiger partial charge in [-0.3, -0.25) is 10.0 Å². The van der Waals surface area contributed by atoms with Crippen LogP contribution in [0.2, 0.25) is 0 Å². The average molecular weight is 129 g/mol. The Morgan fingerprint density at radius 1 is 1.50 bits per heavy atom. The fourth-order valence-electron chi connectivity index (χ4n) is 0.0634. The number of nitrogens with one attached hydrogen (secondary N) is 1. The van der Waals surface area contributed by atoms with Crippen LogP contribution in [0.1, 0.15) is 0 Å². The van der Waals surface area contributed by atoms with Crippen LogP contribution in [0.4, 0.5) is 13.2 Å². The minimum Gasteiger partial charge on any atom is -0.288 e. The van der Waals surface area contributed by atoms with Gasteiger partial charge in [0.1, 0.15) is 0 Å². The lowest BCUT2D eigenvalue weighted by Gasteiger charge is -1.99. The molecule has 0 bridgehead atoms. The highest BCUT2D eigenvalue weighted by Gasteiger charge is 2.38. The molecule has 48 valence electrons. The molecule has 0 aliphatic carbocycles. The fourth-order valence-corrected chi connectivity index (χ4v) is 0.0634. The Morgan fingerprint density at radius 3 is 1.88 bits per heavy atom. The van der Waals surface area contributed by atoms with E-state index in [1.165, 1.54) is 0 Å². The van der Waals surface area contributed by atoms with E-state index in [9.17, 15) is 18.0 Å². The van der Waals surface area contributed by atoms with Crippen LogP contribution >= 0.6 is 0 Å². The van der Waals surface area contributed by atoms with Gasteiger partial charge in [0.15, 0.2) is 0 Å². The first-order valence-electron chi connectivity index (χ1n) is 1.49. The zero-order valence-electron chi connectivity index (χ0n) is 3.49. The summed E-state index contributed by atoms with van der Waals surface area (Å²) in [6, 6.07) is 0. The summed E-state index contributed by atoms with van der Waals surface area (Å²) in [5.74, 6) is -2.36. The molecule has 0 radical (unpaired) electrons. The first-order valence-corrected chi connectivity index (χ1v) is 1.49. The zero-order chi connectivity index (χ0) is 6.78. The van der Waals surface area contributed by atoms with Crippen molar-refractivity contribution in [3.63, 3.8) is 0 Å². The second-order valence-electron chi connectivity index (χ2n) is 0.939. The van der Waals surface area contributed by atoms with Gasteiger partial charge in [0.05, 0.1) is 0 Å². The number of carbonyl (C=O) groups is 1. The normalized spacial score (nSPS) is 11.0. The smallest absolute Gasteiger partial charge is 0.288 e. The second kappa shape index (κ2) is 1.99. The maximum atomic E-state index is 10.9. The van der Waals surface area contributed by atoms with Gasteiger partial charge in [-0.15, -0.1) is 0 Å². The van der Waals surface area contributed by atoms with Crippen molar-refractivity contribution in [1.82, 2.24) is 5.48 Å². The van der Waals surface area contributed by atoms with E-state index in [2.05, 4.69) is 0 Å². The van der Waals surface area contributed by atoms with Gasteiger partial charge in [0.2, 0.25) is 0 Å². The molecule has 0 aliphatic rings. The van der Waals surface area contributed by atoms with E-state index in [4.69, 9.17) is 5.21 Å². The Balaban J connectivity index is 3.82. The summed E-state index contributed by atoms with van der Waals surface area (Å²) >= 11 is 0. The SMILES string of the molecule is O=C(NO)C(F)(F)F. The lowest BCUT2D eigenvalue weighted by atomic mass is 10.6. The van der Waals surface area contributed by atoms with Crippen molar-refractivity contribution in [2.24, 2.45) is 0 Å². The standard InChI is InChI=1S/C2H2F3NO2/c3-2(4,5)1(7)6-8/h8H,(H,6,7). The van der Waals surface area contributed by atoms with Gasteiger partial charge in [-0.25, -0.2) is 5.48 Å². The zero-order valence-corrected chi connectivity index (χ0v) is 3.49. The predicted octanol–water partition coefficient (Wildman–Crippen LogP) is 0.0541. The van der Waals surface area contributed by atoms with E-state index < -0.39 is 12.1 Å². The number of rotatable bonds is 0. The molecule has 0 rings (SSSR count). The average Bonchev–Trinajstić information content (AvgIpc) is 1.62. The van der Waals surface area contributed by atoms with Crippen molar-refractivity contribution in [3.05, 3.63) is 0 Å². The third-order valence-electron chi connectivity index (χ3n) is 0.359. The summed E-state index contributed by atoms with van der Waals surface area (Å²) in [5.41, 5.74) is 0.441. The number of halogens is 3. The lowest BCUT2D eigenvalue weighted by Crippen LogP contribution is -2.34. The second-order valence-corrected chi connectivity index (χ2v) is 0.939. The molecule has 6 heteroatoms. The summed E-state index contributed by atoms with van der Waals surface area (Å²) in [6.45, 7) is 0. The summed E-state index contributed by atoms with van der Waals surface area (Å²) in [6.07, 6.45) is -4.99. The molecular weight excluding hydrogens is 127 g/mol. The largest absolute Gasteiger partial charge is 0.473 e. The topological polar surface area (TPSA) is 49.3 Å². The first kappa shape index (κ1) is 7.22. The molecule has 0 spiro atoms. The Morgan fingerprint density at radius 2 is 1.88 bits per heavy atom. The summed E-state index contributed by atoms with van der Waals surface area (Å²) in [7, 11) is 0. The molecule has 1 amide bonds. The quantitative estimate of drug-likeness (QED) is 0.358. The van der Waals surface area contributed by atoms with E-state index in [-0.39, 0.29) is 0 Å². The summed E-state index contributed by atoms with van der Waals surface area (Å²) in [4.78, 5) is 9.35. The molecule has 0 aromatic heterocycles. The van der Waals surface area contributed by atoms with Crippen LogP contribution in [-0.4, -0.2) is 17.3 Å². The lowest BCUT2D eigenvalue weighted by molar-refractivity contribution is -0.182. The Kier molecular flexibility index (Phi) is 1.80. The third kappa shape index (κ3) is 1.78. The van der Waals surface area contributed by atoms with Gasteiger partial charge in [0, 0.05) is 0 Å². The van der Waals surface area contributed by atoms with Crippen LogP contribution in [0, 0.1) is 0 Å². The highest BCUT2D eigenvalue weighted by atomic mass is 19.4. The number of carbonyl (C=O) groups excluding carboxylic acids is 1. The maximum absolute atomic E-state index is 10.9. The summed E-state index contributed by atoms with van der Waals surface area (Å²) in [5, 5.41) is 7.35. The number of amides is 1. The van der Waals surface area contributed by atoms with Crippen LogP contribution in [0.5, 0.6) is 0 Å². The van der Waals surface area contributed by atoms with Crippen LogP contribution in [0.25, 0.3) is 0 Å². The first-order chi connectivity index (χ1) is 3.48. The molecule has 0 aliphatic heterocycles. The van der Waals surface area contributed by atoms with Gasteiger partial charge in [-0.2, -0.15) is 13.2 Å². The Bertz CT molecular complexity index is 97.9. The molecule has 8 heavy (non-hydrogen) atoms. The maximum Gasteiger partial charge on any atom is 0.473 e. The number of hydrogen-bond donors (Lipinski definition) is 2. The molecule has 0 fully saturated rings. The number of hydrogen-bond acceptors (Lipinski definition) is 2. The van der Waals surface area contributed by atoms with Gasteiger partial charge in [-0.05, 0) is 0 Å². The molecule has 0 atom stereocenters. The molecule has 2 N–H and O–H groups in total. The third-order valence-corrected chi connectivity index (χ3v) is 0.359. The van der Waals surface area contributed by atoms with E-state index in [1.54, 1.807) is 0 Å². The number of alkyl halides is 3. The van der Waals surface area contributed by atoms with Gasteiger partial charge in [0.25, 0.3) is 0 Å². The van der Waals surface area contributed by atoms with Crippen LogP contribution in [0.3, 0.4) is 0 Å². The Hall–Kier alpha value is -0.780. The fraction of sp³-hybridized carbons (Fsp3) is 0.500. The van der Waals surface area contributed by atoms with E-state index >= 15 is 0 Å². The molecule has 0 unspecified atom stereocenters. The number of hydroxylamine groups is 1. The van der Waals surface area contributed by atoms with E-state index in [0.717, 1.165) is 0 Å². The highest BCUT2D eigenvalue weighted by Crippen LogP contribution is 2.13. The van der Waals surface area contributed by atoms with Crippen molar-refractivity contribution in [2.75, 3.05) is 0 Å².